The van der Waals surface area contributed by atoms with Crippen molar-refractivity contribution in [3.63, 3.8) is 0 Å². The van der Waals surface area contributed by atoms with Crippen LogP contribution in [0.3, 0.4) is 0 Å². The molecule has 0 fully saturated rings. The van der Waals surface area contributed by atoms with Gasteiger partial charge in [-0.2, -0.15) is 0 Å². The van der Waals surface area contributed by atoms with Gasteiger partial charge in [0.1, 0.15) is 29.7 Å². The van der Waals surface area contributed by atoms with Crippen molar-refractivity contribution < 1.29 is 18.3 Å². The van der Waals surface area contributed by atoms with Crippen molar-refractivity contribution in [2.24, 2.45) is 0 Å². The standard InChI is InChI=1S/C30H23F2N3O2/c1-3-16-12-27(33)35-15(2)25(16)14-34-30(36)18-5-8-22-24(11-18)29-23-10-17(4-7-21(23)28(22)37-29)20-9-6-19(31)13-26(20)32/h3-13,28-29H,1,14H2,2H3,(H2,33,35)(H,34,36)/t28-,29+/m0/s1. The van der Waals surface area contributed by atoms with E-state index in [0.717, 1.165) is 45.1 Å². The first-order chi connectivity index (χ1) is 17.8. The molecule has 3 heterocycles. The van der Waals surface area contributed by atoms with Crippen LogP contribution in [0.1, 0.15) is 61.6 Å². The predicted octanol–water partition coefficient (Wildman–Crippen LogP) is 6.01. The van der Waals surface area contributed by atoms with E-state index in [4.69, 9.17) is 10.5 Å². The first-order valence-corrected chi connectivity index (χ1v) is 11.9. The van der Waals surface area contributed by atoms with E-state index in [2.05, 4.69) is 16.9 Å². The number of nitrogens with one attached hydrogen (secondary N) is 1. The van der Waals surface area contributed by atoms with E-state index in [9.17, 15) is 13.6 Å². The molecule has 6 rings (SSSR count). The number of rotatable bonds is 5. The minimum absolute atomic E-state index is 0.223. The zero-order valence-electron chi connectivity index (χ0n) is 20.0. The van der Waals surface area contributed by atoms with Crippen LogP contribution in [-0.4, -0.2) is 10.9 Å². The second-order valence-corrected chi connectivity index (χ2v) is 9.29. The summed E-state index contributed by atoms with van der Waals surface area (Å²) in [5.41, 5.74) is 13.6. The molecule has 3 N–H and O–H groups in total. The van der Waals surface area contributed by atoms with E-state index in [-0.39, 0.29) is 24.7 Å². The number of hydrogen-bond acceptors (Lipinski definition) is 4. The third-order valence-electron chi connectivity index (χ3n) is 7.11. The Labute approximate surface area is 212 Å². The number of aryl methyl sites for hydroxylation is 1. The van der Waals surface area contributed by atoms with Crippen molar-refractivity contribution in [2.45, 2.75) is 25.7 Å². The molecule has 37 heavy (non-hydrogen) atoms. The van der Waals surface area contributed by atoms with Gasteiger partial charge in [-0.1, -0.05) is 30.9 Å². The van der Waals surface area contributed by atoms with Crippen molar-refractivity contribution in [1.82, 2.24) is 10.3 Å². The first-order valence-electron chi connectivity index (χ1n) is 11.9. The maximum Gasteiger partial charge on any atom is 0.251 e. The largest absolute Gasteiger partial charge is 0.384 e. The fraction of sp³-hybridized carbons (Fsp3) is 0.133. The third-order valence-corrected chi connectivity index (χ3v) is 7.11. The summed E-state index contributed by atoms with van der Waals surface area (Å²) in [6.07, 6.45) is 1.10. The molecule has 0 radical (unpaired) electrons. The van der Waals surface area contributed by atoms with Gasteiger partial charge >= 0.3 is 0 Å². The van der Waals surface area contributed by atoms with Crippen molar-refractivity contribution in [3.8, 4) is 11.1 Å². The molecular weight excluding hydrogens is 472 g/mol. The van der Waals surface area contributed by atoms with Gasteiger partial charge in [-0.3, -0.25) is 4.79 Å². The predicted molar refractivity (Wildman–Crippen MR) is 138 cm³/mol. The number of hydrogen-bond donors (Lipinski definition) is 2. The number of nitrogens with zero attached hydrogens (tertiary/aromatic N) is 1. The van der Waals surface area contributed by atoms with E-state index in [1.165, 1.54) is 12.1 Å². The van der Waals surface area contributed by atoms with Crippen LogP contribution in [0.4, 0.5) is 14.6 Å². The normalized spacial score (nSPS) is 16.8. The maximum absolute atomic E-state index is 14.4. The Morgan fingerprint density at radius 1 is 1.03 bits per heavy atom. The summed E-state index contributed by atoms with van der Waals surface area (Å²) < 4.78 is 34.1. The van der Waals surface area contributed by atoms with Crippen LogP contribution < -0.4 is 11.1 Å². The Kier molecular flexibility index (Phi) is 5.38. The molecule has 5 nitrogen and oxygen atoms in total. The topological polar surface area (TPSA) is 77.2 Å². The molecule has 1 aromatic heterocycles. The van der Waals surface area contributed by atoms with Crippen molar-refractivity contribution in [3.05, 3.63) is 124 Å². The van der Waals surface area contributed by atoms with Crippen LogP contribution in [0.15, 0.2) is 67.2 Å². The zero-order chi connectivity index (χ0) is 25.8. The number of amides is 1. The van der Waals surface area contributed by atoms with Gasteiger partial charge in [0.05, 0.1) is 0 Å². The molecule has 0 spiro atoms. The smallest absolute Gasteiger partial charge is 0.251 e. The molecule has 0 unspecified atom stereocenters. The molecule has 0 saturated carbocycles. The molecule has 7 heteroatoms. The van der Waals surface area contributed by atoms with Gasteiger partial charge in [0.2, 0.25) is 0 Å². The van der Waals surface area contributed by atoms with Crippen molar-refractivity contribution >= 4 is 17.8 Å². The minimum Gasteiger partial charge on any atom is -0.384 e. The number of nitrogen functional groups attached to an aromatic ring is 1. The molecule has 0 aliphatic carbocycles. The molecule has 3 aromatic carbocycles. The Morgan fingerprint density at radius 2 is 1.76 bits per heavy atom. The van der Waals surface area contributed by atoms with E-state index in [1.807, 2.05) is 37.3 Å². The van der Waals surface area contributed by atoms with Gasteiger partial charge < -0.3 is 15.8 Å². The highest BCUT2D eigenvalue weighted by atomic mass is 19.1. The fourth-order valence-electron chi connectivity index (χ4n) is 5.31. The number of ether oxygens (including phenoxy) is 1. The highest BCUT2D eigenvalue weighted by molar-refractivity contribution is 5.94. The lowest BCUT2D eigenvalue weighted by Crippen LogP contribution is -2.24. The van der Waals surface area contributed by atoms with Gasteiger partial charge in [-0.15, -0.1) is 0 Å². The second-order valence-electron chi connectivity index (χ2n) is 9.29. The van der Waals surface area contributed by atoms with Gasteiger partial charge in [0.15, 0.2) is 0 Å². The lowest BCUT2D eigenvalue weighted by atomic mass is 9.83. The number of benzene rings is 3. The van der Waals surface area contributed by atoms with Crippen LogP contribution in [0.2, 0.25) is 0 Å². The number of carbonyl (C=O) groups is 1. The lowest BCUT2D eigenvalue weighted by Gasteiger charge is -2.18. The van der Waals surface area contributed by atoms with Crippen LogP contribution in [0.25, 0.3) is 17.2 Å². The number of nitrogens with two attached hydrogens (primary N) is 1. The molecule has 2 bridgehead atoms. The van der Waals surface area contributed by atoms with E-state index < -0.39 is 11.6 Å². The highest BCUT2D eigenvalue weighted by Crippen LogP contribution is 2.54. The molecule has 4 aromatic rings. The summed E-state index contributed by atoms with van der Waals surface area (Å²) in [6.45, 7) is 5.96. The summed E-state index contributed by atoms with van der Waals surface area (Å²) in [5.74, 6) is -1.05. The van der Waals surface area contributed by atoms with Gasteiger partial charge in [-0.25, -0.2) is 13.8 Å². The SMILES string of the molecule is C=Cc1cc(N)nc(C)c1CNC(=O)c1ccc2c(c1)[C@@H]1O[C@H]2c2ccc(-c3ccc(F)cc3F)cc21. The van der Waals surface area contributed by atoms with Gasteiger partial charge in [0, 0.05) is 29.4 Å². The first kappa shape index (κ1) is 23.1. The summed E-state index contributed by atoms with van der Waals surface area (Å²) in [7, 11) is 0. The van der Waals surface area contributed by atoms with E-state index in [0.29, 0.717) is 22.5 Å². The summed E-state index contributed by atoms with van der Waals surface area (Å²) >= 11 is 0. The van der Waals surface area contributed by atoms with E-state index >= 15 is 0 Å². The summed E-state index contributed by atoms with van der Waals surface area (Å²) in [5, 5.41) is 2.97. The number of anilines is 1. The monoisotopic (exact) mass is 495 g/mol. The van der Waals surface area contributed by atoms with Crippen LogP contribution in [0.5, 0.6) is 0 Å². The van der Waals surface area contributed by atoms with Crippen LogP contribution in [0, 0.1) is 18.6 Å². The molecule has 1 amide bonds. The van der Waals surface area contributed by atoms with Crippen LogP contribution >= 0.6 is 0 Å². The molecule has 2 atom stereocenters. The molecule has 2 aliphatic rings. The fourth-order valence-corrected chi connectivity index (χ4v) is 5.31. The maximum atomic E-state index is 14.4. The third kappa shape index (κ3) is 3.79. The van der Waals surface area contributed by atoms with Crippen LogP contribution in [-0.2, 0) is 11.3 Å². The molecule has 184 valence electrons. The molecule has 0 saturated heterocycles. The number of fused-ring (bicyclic) bond motifs is 8. The Bertz CT molecular complexity index is 1620. The average molecular weight is 496 g/mol. The van der Waals surface area contributed by atoms with Crippen molar-refractivity contribution in [1.29, 1.82) is 0 Å². The molecular formula is C30H23F2N3O2. The number of carbonyl (C=O) groups excluding carboxylic acids is 1. The number of pyridine rings is 1. The molecule has 2 aliphatic heterocycles. The number of aromatic nitrogens is 1. The number of halogens is 2. The average Bonchev–Trinajstić information content (AvgIpc) is 3.44. The quantitative estimate of drug-likeness (QED) is 0.355. The van der Waals surface area contributed by atoms with E-state index in [1.54, 1.807) is 18.2 Å². The minimum atomic E-state index is -0.618. The lowest BCUT2D eigenvalue weighted by molar-refractivity contribution is 0.0857. The second kappa shape index (κ2) is 8.64. The van der Waals surface area contributed by atoms with Gasteiger partial charge in [-0.05, 0) is 82.3 Å². The Balaban J connectivity index is 1.27. The summed E-state index contributed by atoms with van der Waals surface area (Å²) in [4.78, 5) is 17.3. The van der Waals surface area contributed by atoms with Crippen molar-refractivity contribution in [2.75, 3.05) is 5.73 Å². The Hall–Kier alpha value is -4.36. The highest BCUT2D eigenvalue weighted by Gasteiger charge is 2.43. The summed E-state index contributed by atoms with van der Waals surface area (Å²) in [6, 6.07) is 16.5. The Morgan fingerprint density at radius 3 is 2.51 bits per heavy atom. The zero-order valence-corrected chi connectivity index (χ0v) is 20.0. The van der Waals surface area contributed by atoms with Gasteiger partial charge in [0.25, 0.3) is 5.91 Å².